The lowest BCUT2D eigenvalue weighted by molar-refractivity contribution is -0.0528. The highest BCUT2D eigenvalue weighted by Crippen LogP contribution is 2.28. The van der Waals surface area contributed by atoms with Gasteiger partial charge in [-0.3, -0.25) is 0 Å². The monoisotopic (exact) mass is 271 g/mol. The van der Waals surface area contributed by atoms with Crippen molar-refractivity contribution in [2.75, 3.05) is 0 Å². The molecule has 2 atom stereocenters. The molecule has 2 N–H and O–H groups in total. The standard InChI is InChI=1S/C12H15F2N3O2/c1-7-4-9(7)17-12(18)16-6-8-2-3-15-10(5-8)19-11(13)14/h2-3,5,7,9,11H,4,6H2,1H3,(H2,16,17,18)/t7-,9-/m1/s1. The largest absolute Gasteiger partial charge is 0.417 e. The Morgan fingerprint density at radius 3 is 3.00 bits per heavy atom. The van der Waals surface area contributed by atoms with Gasteiger partial charge in [0.2, 0.25) is 5.88 Å². The first-order valence-electron chi connectivity index (χ1n) is 5.98. The van der Waals surface area contributed by atoms with Crippen molar-refractivity contribution in [3.8, 4) is 5.88 Å². The van der Waals surface area contributed by atoms with Crippen LogP contribution < -0.4 is 15.4 Å². The van der Waals surface area contributed by atoms with Gasteiger partial charge in [0.15, 0.2) is 0 Å². The molecule has 19 heavy (non-hydrogen) atoms. The van der Waals surface area contributed by atoms with Crippen LogP contribution in [0.4, 0.5) is 13.6 Å². The second kappa shape index (κ2) is 5.81. The molecule has 1 fully saturated rings. The number of ether oxygens (including phenoxy) is 1. The summed E-state index contributed by atoms with van der Waals surface area (Å²) in [5, 5.41) is 5.45. The van der Waals surface area contributed by atoms with Gasteiger partial charge in [0.05, 0.1) is 0 Å². The molecule has 1 aromatic heterocycles. The summed E-state index contributed by atoms with van der Waals surface area (Å²) in [5.41, 5.74) is 0.643. The number of halogens is 2. The average molecular weight is 271 g/mol. The average Bonchev–Trinajstić information content (AvgIpc) is 3.02. The van der Waals surface area contributed by atoms with Gasteiger partial charge in [-0.25, -0.2) is 9.78 Å². The SMILES string of the molecule is C[C@@H]1C[C@H]1NC(=O)NCc1ccnc(OC(F)F)c1. The molecule has 2 amide bonds. The number of nitrogens with one attached hydrogen (secondary N) is 2. The van der Waals surface area contributed by atoms with Crippen molar-refractivity contribution in [3.63, 3.8) is 0 Å². The molecule has 0 saturated heterocycles. The normalized spacial score (nSPS) is 21.1. The Kier molecular flexibility index (Phi) is 4.13. The lowest BCUT2D eigenvalue weighted by Gasteiger charge is -2.08. The predicted octanol–water partition coefficient (Wildman–Crippen LogP) is 1.89. The number of aromatic nitrogens is 1. The van der Waals surface area contributed by atoms with E-state index in [2.05, 4.69) is 27.3 Å². The van der Waals surface area contributed by atoms with Crippen LogP contribution >= 0.6 is 0 Å². The second-order valence-corrected chi connectivity index (χ2v) is 4.53. The van der Waals surface area contributed by atoms with Crippen molar-refractivity contribution in [3.05, 3.63) is 23.9 Å². The summed E-state index contributed by atoms with van der Waals surface area (Å²) in [7, 11) is 0. The van der Waals surface area contributed by atoms with E-state index in [1.165, 1.54) is 12.3 Å². The molecule has 7 heteroatoms. The fraction of sp³-hybridized carbons (Fsp3) is 0.500. The van der Waals surface area contributed by atoms with Gasteiger partial charge >= 0.3 is 12.6 Å². The maximum Gasteiger partial charge on any atom is 0.388 e. The van der Waals surface area contributed by atoms with Gasteiger partial charge in [0.1, 0.15) is 0 Å². The van der Waals surface area contributed by atoms with E-state index in [0.29, 0.717) is 11.5 Å². The predicted molar refractivity (Wildman–Crippen MR) is 63.8 cm³/mol. The lowest BCUT2D eigenvalue weighted by Crippen LogP contribution is -2.36. The summed E-state index contributed by atoms with van der Waals surface area (Å²) in [5.74, 6) is 0.364. The van der Waals surface area contributed by atoms with Crippen molar-refractivity contribution >= 4 is 6.03 Å². The molecule has 1 aromatic rings. The number of alkyl halides is 2. The van der Waals surface area contributed by atoms with Crippen LogP contribution in [0.2, 0.25) is 0 Å². The third kappa shape index (κ3) is 4.35. The van der Waals surface area contributed by atoms with Crippen LogP contribution in [0.5, 0.6) is 5.88 Å². The zero-order valence-electron chi connectivity index (χ0n) is 10.4. The van der Waals surface area contributed by atoms with E-state index in [0.717, 1.165) is 6.42 Å². The molecule has 0 unspecified atom stereocenters. The highest BCUT2D eigenvalue weighted by atomic mass is 19.3. The molecule has 0 bridgehead atoms. The summed E-state index contributed by atoms with van der Waals surface area (Å²) >= 11 is 0. The molecule has 1 saturated carbocycles. The molecule has 104 valence electrons. The zero-order valence-corrected chi connectivity index (χ0v) is 10.4. The number of amides is 2. The maximum absolute atomic E-state index is 12.0. The molecule has 5 nitrogen and oxygen atoms in total. The lowest BCUT2D eigenvalue weighted by atomic mass is 10.2. The minimum Gasteiger partial charge on any atom is -0.417 e. The van der Waals surface area contributed by atoms with Gasteiger partial charge < -0.3 is 15.4 Å². The van der Waals surface area contributed by atoms with E-state index in [-0.39, 0.29) is 24.5 Å². The molecule has 1 aliphatic carbocycles. The van der Waals surface area contributed by atoms with E-state index in [4.69, 9.17) is 0 Å². The van der Waals surface area contributed by atoms with Crippen LogP contribution in [0.25, 0.3) is 0 Å². The quantitative estimate of drug-likeness (QED) is 0.859. The van der Waals surface area contributed by atoms with E-state index >= 15 is 0 Å². The Morgan fingerprint density at radius 1 is 1.63 bits per heavy atom. The minimum absolute atomic E-state index is 0.162. The number of carbonyl (C=O) groups is 1. The van der Waals surface area contributed by atoms with Crippen molar-refractivity contribution in [2.45, 2.75) is 32.5 Å². The fourth-order valence-electron chi connectivity index (χ4n) is 1.64. The summed E-state index contributed by atoms with van der Waals surface area (Å²) in [6.45, 7) is -0.619. The number of nitrogens with zero attached hydrogens (tertiary/aromatic N) is 1. The molecule has 1 aliphatic rings. The topological polar surface area (TPSA) is 63.2 Å². The highest BCUT2D eigenvalue weighted by Gasteiger charge is 2.33. The highest BCUT2D eigenvalue weighted by molar-refractivity contribution is 5.74. The number of hydrogen-bond acceptors (Lipinski definition) is 3. The molecule has 1 heterocycles. The Morgan fingerprint density at radius 2 is 2.37 bits per heavy atom. The van der Waals surface area contributed by atoms with Crippen molar-refractivity contribution in [1.29, 1.82) is 0 Å². The zero-order chi connectivity index (χ0) is 13.8. The van der Waals surface area contributed by atoms with Crippen LogP contribution in [0, 0.1) is 5.92 Å². The van der Waals surface area contributed by atoms with Crippen molar-refractivity contribution in [1.82, 2.24) is 15.6 Å². The van der Waals surface area contributed by atoms with E-state index in [1.807, 2.05) is 0 Å². The summed E-state index contributed by atoms with van der Waals surface area (Å²) in [6.07, 6.45) is 2.35. The molecular formula is C12H15F2N3O2. The van der Waals surface area contributed by atoms with E-state index in [1.54, 1.807) is 6.07 Å². The summed E-state index contributed by atoms with van der Waals surface area (Å²) in [4.78, 5) is 15.1. The van der Waals surface area contributed by atoms with Gasteiger partial charge in [-0.15, -0.1) is 0 Å². The Bertz CT molecular complexity index is 456. The smallest absolute Gasteiger partial charge is 0.388 e. The fourth-order valence-corrected chi connectivity index (χ4v) is 1.64. The number of hydrogen-bond donors (Lipinski definition) is 2. The maximum atomic E-state index is 12.0. The van der Waals surface area contributed by atoms with E-state index < -0.39 is 6.61 Å². The summed E-state index contributed by atoms with van der Waals surface area (Å²) < 4.78 is 28.2. The number of pyridine rings is 1. The molecular weight excluding hydrogens is 256 g/mol. The Balaban J connectivity index is 1.80. The first kappa shape index (κ1) is 13.5. The molecule has 0 aliphatic heterocycles. The van der Waals surface area contributed by atoms with Crippen molar-refractivity contribution in [2.24, 2.45) is 5.92 Å². The van der Waals surface area contributed by atoms with Gasteiger partial charge in [0.25, 0.3) is 0 Å². The van der Waals surface area contributed by atoms with Crippen molar-refractivity contribution < 1.29 is 18.3 Å². The Hall–Kier alpha value is -1.92. The van der Waals surface area contributed by atoms with Gasteiger partial charge in [-0.05, 0) is 24.0 Å². The molecule has 2 rings (SSSR count). The third-order valence-electron chi connectivity index (χ3n) is 2.89. The molecule has 0 aromatic carbocycles. The number of urea groups is 1. The first-order chi connectivity index (χ1) is 9.04. The van der Waals surface area contributed by atoms with Crippen LogP contribution in [0.3, 0.4) is 0 Å². The third-order valence-corrected chi connectivity index (χ3v) is 2.89. The first-order valence-corrected chi connectivity index (χ1v) is 5.98. The van der Waals surface area contributed by atoms with Crippen LogP contribution in [0.1, 0.15) is 18.9 Å². The van der Waals surface area contributed by atoms with Crippen LogP contribution in [-0.4, -0.2) is 23.7 Å². The number of carbonyl (C=O) groups excluding carboxylic acids is 1. The van der Waals surface area contributed by atoms with Crippen LogP contribution in [-0.2, 0) is 6.54 Å². The second-order valence-electron chi connectivity index (χ2n) is 4.53. The van der Waals surface area contributed by atoms with E-state index in [9.17, 15) is 13.6 Å². The molecule has 0 spiro atoms. The minimum atomic E-state index is -2.91. The summed E-state index contributed by atoms with van der Waals surface area (Å²) in [6, 6.07) is 2.97. The van der Waals surface area contributed by atoms with Gasteiger partial charge in [0, 0.05) is 24.8 Å². The van der Waals surface area contributed by atoms with Crippen LogP contribution in [0.15, 0.2) is 18.3 Å². The molecule has 0 radical (unpaired) electrons. The number of rotatable bonds is 5. The van der Waals surface area contributed by atoms with Gasteiger partial charge in [-0.2, -0.15) is 8.78 Å². The Labute approximate surface area is 109 Å². The van der Waals surface area contributed by atoms with Gasteiger partial charge in [-0.1, -0.05) is 6.92 Å².